The molecule has 0 aromatic heterocycles. The SMILES string of the molecule is FC(F)(F)C(F)(F)C(F)(F)N/N=C/c1ccc(Cl)cc1Cl. The third-order valence-corrected chi connectivity index (χ3v) is 2.68. The zero-order chi connectivity index (χ0) is 16.5. The van der Waals surface area contributed by atoms with Gasteiger partial charge in [-0.05, 0) is 12.1 Å². The highest BCUT2D eigenvalue weighted by atomic mass is 35.5. The van der Waals surface area contributed by atoms with Crippen molar-refractivity contribution in [2.24, 2.45) is 5.10 Å². The van der Waals surface area contributed by atoms with Crippen molar-refractivity contribution in [1.82, 2.24) is 5.43 Å². The Bertz CT molecular complexity index is 543. The summed E-state index contributed by atoms with van der Waals surface area (Å²) in [5, 5.41) is 2.80. The Morgan fingerprint density at radius 3 is 2.05 bits per heavy atom. The van der Waals surface area contributed by atoms with E-state index in [0.717, 1.165) is 0 Å². The average molecular weight is 357 g/mol. The number of alkyl halides is 7. The van der Waals surface area contributed by atoms with Crippen molar-refractivity contribution < 1.29 is 30.7 Å². The van der Waals surface area contributed by atoms with E-state index in [1.165, 1.54) is 18.2 Å². The van der Waals surface area contributed by atoms with Gasteiger partial charge >= 0.3 is 18.1 Å². The van der Waals surface area contributed by atoms with Crippen LogP contribution in [0, 0.1) is 0 Å². The summed E-state index contributed by atoms with van der Waals surface area (Å²) in [4.78, 5) is 0. The van der Waals surface area contributed by atoms with Crippen LogP contribution in [0.25, 0.3) is 0 Å². The highest BCUT2D eigenvalue weighted by Gasteiger charge is 2.73. The first-order valence-corrected chi connectivity index (χ1v) is 5.72. The van der Waals surface area contributed by atoms with Gasteiger partial charge in [0.2, 0.25) is 0 Å². The molecule has 0 bridgehead atoms. The van der Waals surface area contributed by atoms with E-state index in [1.807, 2.05) is 0 Å². The van der Waals surface area contributed by atoms with Crippen LogP contribution in [-0.2, 0) is 0 Å². The molecule has 0 aliphatic carbocycles. The first-order chi connectivity index (χ1) is 9.38. The third-order valence-electron chi connectivity index (χ3n) is 2.12. The van der Waals surface area contributed by atoms with E-state index in [1.54, 1.807) is 0 Å². The summed E-state index contributed by atoms with van der Waals surface area (Å²) in [7, 11) is 0. The van der Waals surface area contributed by atoms with Gasteiger partial charge in [0, 0.05) is 10.6 Å². The molecular formula is C10H5Cl2F7N2. The van der Waals surface area contributed by atoms with Crippen molar-refractivity contribution in [3.8, 4) is 0 Å². The average Bonchev–Trinajstić information content (AvgIpc) is 2.30. The minimum atomic E-state index is -6.43. The molecule has 0 radical (unpaired) electrons. The van der Waals surface area contributed by atoms with Crippen LogP contribution in [-0.4, -0.2) is 24.4 Å². The molecule has 1 N–H and O–H groups in total. The lowest BCUT2D eigenvalue weighted by Gasteiger charge is -2.27. The van der Waals surface area contributed by atoms with Crippen LogP contribution in [0.5, 0.6) is 0 Å². The summed E-state index contributed by atoms with van der Waals surface area (Å²) in [5.74, 6) is -6.29. The molecule has 0 atom stereocenters. The molecular weight excluding hydrogens is 352 g/mol. The van der Waals surface area contributed by atoms with Gasteiger partial charge in [-0.25, -0.2) is 5.43 Å². The lowest BCUT2D eigenvalue weighted by Crippen LogP contribution is -2.58. The molecule has 0 saturated carbocycles. The fourth-order valence-corrected chi connectivity index (χ4v) is 1.49. The number of hydrogen-bond acceptors (Lipinski definition) is 2. The van der Waals surface area contributed by atoms with Gasteiger partial charge in [-0.3, -0.25) is 0 Å². The minimum absolute atomic E-state index is 0.0142. The van der Waals surface area contributed by atoms with E-state index in [0.29, 0.717) is 11.6 Å². The Balaban J connectivity index is 2.89. The second kappa shape index (κ2) is 5.88. The lowest BCUT2D eigenvalue weighted by atomic mass is 10.2. The predicted molar refractivity (Wildman–Crippen MR) is 63.1 cm³/mol. The van der Waals surface area contributed by atoms with Gasteiger partial charge in [0.15, 0.2) is 0 Å². The van der Waals surface area contributed by atoms with Crippen LogP contribution in [0.15, 0.2) is 23.3 Å². The largest absolute Gasteiger partial charge is 0.462 e. The molecule has 1 rings (SSSR count). The number of hydrazone groups is 1. The van der Waals surface area contributed by atoms with E-state index in [9.17, 15) is 30.7 Å². The zero-order valence-electron chi connectivity index (χ0n) is 9.66. The number of hydrogen-bond donors (Lipinski definition) is 1. The number of nitrogens with one attached hydrogen (secondary N) is 1. The summed E-state index contributed by atoms with van der Waals surface area (Å²) in [5.41, 5.74) is 0.456. The van der Waals surface area contributed by atoms with E-state index in [-0.39, 0.29) is 15.6 Å². The number of rotatable bonds is 4. The van der Waals surface area contributed by atoms with Crippen LogP contribution in [0.2, 0.25) is 10.0 Å². The van der Waals surface area contributed by atoms with Crippen LogP contribution in [0.3, 0.4) is 0 Å². The third kappa shape index (κ3) is 3.91. The highest BCUT2D eigenvalue weighted by molar-refractivity contribution is 6.36. The smallest absolute Gasteiger partial charge is 0.242 e. The van der Waals surface area contributed by atoms with E-state index in [2.05, 4.69) is 5.10 Å². The molecule has 1 aromatic rings. The van der Waals surface area contributed by atoms with Gasteiger partial charge in [-0.2, -0.15) is 35.8 Å². The number of nitrogens with zero attached hydrogens (tertiary/aromatic N) is 1. The first-order valence-electron chi connectivity index (χ1n) is 4.96. The Morgan fingerprint density at radius 2 is 1.57 bits per heavy atom. The first kappa shape index (κ1) is 17.8. The van der Waals surface area contributed by atoms with Gasteiger partial charge in [-0.1, -0.05) is 29.3 Å². The second-order valence-corrected chi connectivity index (χ2v) is 4.53. The van der Waals surface area contributed by atoms with Crippen molar-refractivity contribution >= 4 is 29.4 Å². The van der Waals surface area contributed by atoms with Crippen molar-refractivity contribution in [1.29, 1.82) is 0 Å². The minimum Gasteiger partial charge on any atom is -0.242 e. The molecule has 0 aliphatic rings. The summed E-state index contributed by atoms with van der Waals surface area (Å²) >= 11 is 11.2. The van der Waals surface area contributed by atoms with Crippen LogP contribution in [0.1, 0.15) is 5.56 Å². The fraction of sp³-hybridized carbons (Fsp3) is 0.300. The van der Waals surface area contributed by atoms with Gasteiger partial charge < -0.3 is 0 Å². The summed E-state index contributed by atoms with van der Waals surface area (Å²) in [6.45, 7) is 0. The van der Waals surface area contributed by atoms with Crippen LogP contribution >= 0.6 is 23.2 Å². The monoisotopic (exact) mass is 356 g/mol. The quantitative estimate of drug-likeness (QED) is 0.359. The molecule has 0 fully saturated rings. The molecule has 118 valence electrons. The fourth-order valence-electron chi connectivity index (χ4n) is 1.04. The van der Waals surface area contributed by atoms with E-state index >= 15 is 0 Å². The Hall–Kier alpha value is -1.22. The summed E-state index contributed by atoms with van der Waals surface area (Å²) in [6, 6.07) is -1.93. The van der Waals surface area contributed by atoms with Gasteiger partial charge in [-0.15, -0.1) is 0 Å². The molecule has 11 heteroatoms. The summed E-state index contributed by atoms with van der Waals surface area (Å²) in [6.07, 6.45) is -5.88. The van der Waals surface area contributed by atoms with Crippen LogP contribution < -0.4 is 5.43 Å². The maximum absolute atomic E-state index is 12.8. The molecule has 0 unspecified atom stereocenters. The number of halogens is 9. The predicted octanol–water partition coefficient (Wildman–Crippen LogP) is 4.71. The van der Waals surface area contributed by atoms with E-state index < -0.39 is 18.1 Å². The van der Waals surface area contributed by atoms with Gasteiger partial charge in [0.25, 0.3) is 0 Å². The second-order valence-electron chi connectivity index (χ2n) is 3.68. The van der Waals surface area contributed by atoms with E-state index in [4.69, 9.17) is 23.2 Å². The molecule has 0 spiro atoms. The Labute approximate surface area is 123 Å². The Morgan fingerprint density at radius 1 is 1.00 bits per heavy atom. The standard InChI is InChI=1S/C10H5Cl2F7N2/c11-6-2-1-5(7(12)3-6)4-20-21-10(18,19)8(13,14)9(15,16)17/h1-4,21H/b20-4+. The molecule has 0 saturated heterocycles. The zero-order valence-corrected chi connectivity index (χ0v) is 11.2. The molecule has 2 nitrogen and oxygen atoms in total. The highest BCUT2D eigenvalue weighted by Crippen LogP contribution is 2.44. The molecule has 0 heterocycles. The van der Waals surface area contributed by atoms with Crippen LogP contribution in [0.4, 0.5) is 30.7 Å². The van der Waals surface area contributed by atoms with Crippen molar-refractivity contribution in [2.75, 3.05) is 0 Å². The summed E-state index contributed by atoms with van der Waals surface area (Å²) < 4.78 is 86.1. The maximum atomic E-state index is 12.8. The molecule has 21 heavy (non-hydrogen) atoms. The molecule has 0 aliphatic heterocycles. The molecule has 0 amide bonds. The van der Waals surface area contributed by atoms with Crippen molar-refractivity contribution in [3.05, 3.63) is 33.8 Å². The topological polar surface area (TPSA) is 24.4 Å². The van der Waals surface area contributed by atoms with Gasteiger partial charge in [0.1, 0.15) is 0 Å². The van der Waals surface area contributed by atoms with Gasteiger partial charge in [0.05, 0.1) is 11.2 Å². The normalized spacial score (nSPS) is 13.8. The van der Waals surface area contributed by atoms with Crippen molar-refractivity contribution in [2.45, 2.75) is 18.1 Å². The van der Waals surface area contributed by atoms with Crippen molar-refractivity contribution in [3.63, 3.8) is 0 Å². The number of benzene rings is 1. The maximum Gasteiger partial charge on any atom is 0.462 e. The lowest BCUT2D eigenvalue weighted by molar-refractivity contribution is -0.361. The molecule has 1 aromatic carbocycles. The Kier molecular flexibility index (Phi) is 4.99.